The van der Waals surface area contributed by atoms with Crippen LogP contribution in [-0.4, -0.2) is 67.3 Å². The maximum Gasteiger partial charge on any atom is 0.493 e. The summed E-state index contributed by atoms with van der Waals surface area (Å²) in [4.78, 5) is 51.1. The van der Waals surface area contributed by atoms with E-state index >= 15 is 0 Å². The summed E-state index contributed by atoms with van der Waals surface area (Å²) in [5, 5.41) is 8.94. The van der Waals surface area contributed by atoms with Gasteiger partial charge in [-0.05, 0) is 44.7 Å². The lowest BCUT2D eigenvalue weighted by Gasteiger charge is -2.22. The van der Waals surface area contributed by atoms with Crippen LogP contribution in [0.5, 0.6) is 0 Å². The number of nitrogens with one attached hydrogen (secondary N) is 3. The van der Waals surface area contributed by atoms with Crippen molar-refractivity contribution in [1.29, 1.82) is 0 Å². The third-order valence-corrected chi connectivity index (χ3v) is 6.99. The van der Waals surface area contributed by atoms with Gasteiger partial charge in [-0.3, -0.25) is 9.59 Å². The average Bonchev–Trinajstić information content (AvgIpc) is 2.93. The summed E-state index contributed by atoms with van der Waals surface area (Å²) in [5.74, 6) is -3.32. The second-order valence-electron chi connectivity index (χ2n) is 11.3. The van der Waals surface area contributed by atoms with E-state index in [4.69, 9.17) is 5.73 Å². The molecule has 43 heavy (non-hydrogen) atoms. The maximum absolute atomic E-state index is 12.6. The van der Waals surface area contributed by atoms with Gasteiger partial charge >= 0.3 is 18.2 Å². The Morgan fingerprint density at radius 2 is 1.28 bits per heavy atom. The van der Waals surface area contributed by atoms with Gasteiger partial charge in [-0.15, -0.1) is 0 Å². The molecule has 0 rings (SSSR count). The van der Waals surface area contributed by atoms with Crippen LogP contribution >= 0.6 is 0 Å². The van der Waals surface area contributed by atoms with E-state index in [1.165, 1.54) is 70.6 Å². The highest BCUT2D eigenvalue weighted by Crippen LogP contribution is 2.17. The third kappa shape index (κ3) is 22.6. The fraction of sp³-hybridized carbons (Fsp3) is 0.867. The lowest BCUT2D eigenvalue weighted by Crippen LogP contribution is -2.50. The molecule has 0 aromatic carbocycles. The van der Waals surface area contributed by atoms with E-state index in [9.17, 15) is 32.3 Å². The number of nitrogens with zero attached hydrogens (tertiary/aromatic N) is 1. The number of carbonyl (C=O) groups is 4. The van der Waals surface area contributed by atoms with Crippen molar-refractivity contribution in [3.05, 3.63) is 0 Å². The van der Waals surface area contributed by atoms with E-state index in [2.05, 4.69) is 27.7 Å². The van der Waals surface area contributed by atoms with Gasteiger partial charge in [-0.2, -0.15) is 18.2 Å². The van der Waals surface area contributed by atoms with Gasteiger partial charge < -0.3 is 26.5 Å². The van der Waals surface area contributed by atoms with Crippen molar-refractivity contribution in [2.45, 2.75) is 136 Å². The molecule has 0 aliphatic carbocycles. The number of unbranched alkanes of at least 4 members (excludes halogenated alkanes) is 12. The Hall–Kier alpha value is -2.57. The third-order valence-electron chi connectivity index (χ3n) is 6.99. The molecule has 0 radical (unpaired) electrons. The second kappa shape index (κ2) is 24.8. The Labute approximate surface area is 255 Å². The van der Waals surface area contributed by atoms with E-state index in [-0.39, 0.29) is 48.7 Å². The molecule has 0 aliphatic heterocycles. The number of nitrogens with two attached hydrogens (primary N) is 1. The van der Waals surface area contributed by atoms with Crippen molar-refractivity contribution in [3.8, 4) is 0 Å². The van der Waals surface area contributed by atoms with E-state index in [0.717, 1.165) is 19.5 Å². The Morgan fingerprint density at radius 3 is 1.79 bits per heavy atom. The molecular weight excluding hydrogens is 567 g/mol. The van der Waals surface area contributed by atoms with Crippen LogP contribution in [-0.2, 0) is 19.2 Å². The molecule has 4 amide bonds. The minimum atomic E-state index is -5.26. The summed E-state index contributed by atoms with van der Waals surface area (Å²) < 4.78 is 37.0. The number of carbonyl (C=O) groups excluding carboxylic acids is 4. The second-order valence-corrected chi connectivity index (χ2v) is 11.3. The summed E-state index contributed by atoms with van der Waals surface area (Å²) in [6, 6.07) is -2.08. The summed E-state index contributed by atoms with van der Waals surface area (Å²) in [6.07, 6.45) is 11.8. The smallest absolute Gasteiger partial charge is 0.354 e. The normalized spacial score (nSPS) is 12.2. The van der Waals surface area contributed by atoms with Crippen LogP contribution in [0.25, 0.3) is 0 Å². The number of hydroxylamine groups is 2. The minimum absolute atomic E-state index is 0.110. The highest BCUT2D eigenvalue weighted by molar-refractivity contribution is 5.87. The molecule has 252 valence electrons. The van der Waals surface area contributed by atoms with Crippen LogP contribution in [0.3, 0.4) is 0 Å². The zero-order valence-corrected chi connectivity index (χ0v) is 26.5. The zero-order valence-electron chi connectivity index (χ0n) is 26.5. The minimum Gasteiger partial charge on any atom is -0.354 e. The molecule has 0 saturated heterocycles. The first kappa shape index (κ1) is 40.4. The average molecular weight is 624 g/mol. The molecule has 10 nitrogen and oxygen atoms in total. The maximum atomic E-state index is 12.6. The molecule has 13 heteroatoms. The van der Waals surface area contributed by atoms with Gasteiger partial charge in [0.2, 0.25) is 11.8 Å². The summed E-state index contributed by atoms with van der Waals surface area (Å²) in [7, 11) is 0. The number of primary amides is 1. The van der Waals surface area contributed by atoms with Crippen molar-refractivity contribution < 1.29 is 37.2 Å². The molecule has 0 bridgehead atoms. The lowest BCUT2D eigenvalue weighted by molar-refractivity contribution is -0.227. The molecule has 5 N–H and O–H groups in total. The topological polar surface area (TPSA) is 143 Å². The Morgan fingerprint density at radius 1 is 0.767 bits per heavy atom. The van der Waals surface area contributed by atoms with Crippen molar-refractivity contribution in [1.82, 2.24) is 21.0 Å². The Balaban J connectivity index is 3.98. The number of hydrogen-bond donors (Lipinski definition) is 4. The molecule has 0 aromatic rings. The molecular formula is C30H56F3N5O5. The quantitative estimate of drug-likeness (QED) is 0.0782. The number of amides is 4. The standard InChI is InChI=1S/C30H56F3N5O5/c1-4-5-6-7-8-9-10-11-12-13-14-15-20-35-21-18-19-25(39)37-26(24(2)3)27(40)36-22-16-17-23-38(29(34)42)43-28(41)30(31,32)33/h24,26,35H,4-23H2,1-3H3,(H2,34,42)(H,36,40)(H,37,39)/t26-/m0/s1. The van der Waals surface area contributed by atoms with E-state index in [1.807, 2.05) is 0 Å². The van der Waals surface area contributed by atoms with Crippen LogP contribution in [0.15, 0.2) is 0 Å². The van der Waals surface area contributed by atoms with Crippen LogP contribution in [0.4, 0.5) is 18.0 Å². The highest BCUT2D eigenvalue weighted by atomic mass is 19.4. The molecule has 0 unspecified atom stereocenters. The monoisotopic (exact) mass is 623 g/mol. The van der Waals surface area contributed by atoms with Crippen LogP contribution in [0.2, 0.25) is 0 Å². The van der Waals surface area contributed by atoms with Crippen molar-refractivity contribution in [3.63, 3.8) is 0 Å². The van der Waals surface area contributed by atoms with E-state index in [0.29, 0.717) is 12.8 Å². The first-order valence-electron chi connectivity index (χ1n) is 16.0. The van der Waals surface area contributed by atoms with E-state index < -0.39 is 24.2 Å². The number of halogens is 3. The van der Waals surface area contributed by atoms with Crippen molar-refractivity contribution in [2.75, 3.05) is 26.2 Å². The van der Waals surface area contributed by atoms with Crippen LogP contribution in [0, 0.1) is 5.92 Å². The predicted octanol–water partition coefficient (Wildman–Crippen LogP) is 5.50. The predicted molar refractivity (Wildman–Crippen MR) is 161 cm³/mol. The van der Waals surface area contributed by atoms with Gasteiger partial charge in [0, 0.05) is 13.0 Å². The Kier molecular flexibility index (Phi) is 23.3. The fourth-order valence-electron chi connectivity index (χ4n) is 4.43. The molecule has 0 fully saturated rings. The van der Waals surface area contributed by atoms with Crippen LogP contribution in [0.1, 0.15) is 124 Å². The summed E-state index contributed by atoms with van der Waals surface area (Å²) in [5.41, 5.74) is 4.94. The fourth-order valence-corrected chi connectivity index (χ4v) is 4.43. The van der Waals surface area contributed by atoms with Gasteiger partial charge in [0.05, 0.1) is 6.54 Å². The van der Waals surface area contributed by atoms with Gasteiger partial charge in [0.1, 0.15) is 6.04 Å². The zero-order chi connectivity index (χ0) is 32.5. The SMILES string of the molecule is CCCCCCCCCCCCCCNCCCC(=O)N[C@H](C(=O)NCCCCN(OC(=O)C(F)(F)F)C(N)=O)C(C)C. The Bertz CT molecular complexity index is 784. The lowest BCUT2D eigenvalue weighted by atomic mass is 10.0. The number of urea groups is 1. The van der Waals surface area contributed by atoms with Gasteiger partial charge in [0.15, 0.2) is 0 Å². The van der Waals surface area contributed by atoms with E-state index in [1.54, 1.807) is 13.8 Å². The molecule has 0 aromatic heterocycles. The van der Waals surface area contributed by atoms with Crippen molar-refractivity contribution >= 4 is 23.8 Å². The van der Waals surface area contributed by atoms with Crippen LogP contribution < -0.4 is 21.7 Å². The van der Waals surface area contributed by atoms with Gasteiger partial charge in [-0.25, -0.2) is 9.59 Å². The summed E-state index contributed by atoms with van der Waals surface area (Å²) >= 11 is 0. The summed E-state index contributed by atoms with van der Waals surface area (Å²) in [6.45, 7) is 7.28. The largest absolute Gasteiger partial charge is 0.493 e. The number of rotatable bonds is 25. The number of hydrogen-bond acceptors (Lipinski definition) is 6. The highest BCUT2D eigenvalue weighted by Gasteiger charge is 2.43. The molecule has 0 saturated carbocycles. The van der Waals surface area contributed by atoms with Gasteiger partial charge in [0.25, 0.3) is 0 Å². The molecule has 0 aliphatic rings. The first-order valence-corrected chi connectivity index (χ1v) is 16.0. The number of alkyl halides is 3. The molecule has 0 heterocycles. The molecule has 1 atom stereocenters. The molecule has 0 spiro atoms. The van der Waals surface area contributed by atoms with Crippen molar-refractivity contribution in [2.24, 2.45) is 11.7 Å². The van der Waals surface area contributed by atoms with Gasteiger partial charge in [-0.1, -0.05) is 91.4 Å². The first-order chi connectivity index (χ1) is 20.4.